The molecule has 1 aliphatic carbocycles. The fraction of sp³-hybridized carbons (Fsp3) is 0.462. The summed E-state index contributed by atoms with van der Waals surface area (Å²) >= 11 is 0. The van der Waals surface area contributed by atoms with E-state index in [1.165, 1.54) is 0 Å². The standard InChI is InChI=1S/C13H18N2O2.ClH/c1-17-11-5-2-4-10(8-11)12(16)15-9-13(14)6-3-7-13;/h2,4-5,8H,3,6-7,9,14H2,1H3,(H,15,16);1H. The Bertz CT molecular complexity index is 419. The second-order valence-electron chi connectivity index (χ2n) is 4.63. The molecule has 0 aliphatic heterocycles. The Morgan fingerprint density at radius 1 is 1.50 bits per heavy atom. The number of ether oxygens (including phenoxy) is 1. The number of hydrogen-bond donors (Lipinski definition) is 2. The van der Waals surface area contributed by atoms with Gasteiger partial charge in [-0.15, -0.1) is 12.4 Å². The Hall–Kier alpha value is -1.26. The van der Waals surface area contributed by atoms with E-state index in [-0.39, 0.29) is 23.9 Å². The van der Waals surface area contributed by atoms with Crippen molar-refractivity contribution in [3.63, 3.8) is 0 Å². The van der Waals surface area contributed by atoms with Gasteiger partial charge >= 0.3 is 0 Å². The molecule has 1 aromatic carbocycles. The first-order valence-corrected chi connectivity index (χ1v) is 5.84. The number of hydrogen-bond acceptors (Lipinski definition) is 3. The van der Waals surface area contributed by atoms with Gasteiger partial charge in [-0.2, -0.15) is 0 Å². The lowest BCUT2D eigenvalue weighted by atomic mass is 9.78. The van der Waals surface area contributed by atoms with Crippen molar-refractivity contribution < 1.29 is 9.53 Å². The van der Waals surface area contributed by atoms with E-state index in [4.69, 9.17) is 10.5 Å². The summed E-state index contributed by atoms with van der Waals surface area (Å²) < 4.78 is 5.08. The second kappa shape index (κ2) is 6.07. The number of halogens is 1. The molecule has 4 nitrogen and oxygen atoms in total. The summed E-state index contributed by atoms with van der Waals surface area (Å²) in [5, 5.41) is 2.87. The lowest BCUT2D eigenvalue weighted by Gasteiger charge is -2.38. The van der Waals surface area contributed by atoms with Crippen molar-refractivity contribution in [1.82, 2.24) is 5.32 Å². The van der Waals surface area contributed by atoms with Crippen LogP contribution >= 0.6 is 12.4 Å². The highest BCUT2D eigenvalue weighted by atomic mass is 35.5. The van der Waals surface area contributed by atoms with Gasteiger partial charge in [0.25, 0.3) is 5.91 Å². The van der Waals surface area contributed by atoms with Gasteiger partial charge < -0.3 is 15.8 Å². The summed E-state index contributed by atoms with van der Waals surface area (Å²) in [6, 6.07) is 7.10. The van der Waals surface area contributed by atoms with E-state index >= 15 is 0 Å². The van der Waals surface area contributed by atoms with E-state index in [0.29, 0.717) is 17.9 Å². The third-order valence-electron chi connectivity index (χ3n) is 3.28. The first-order chi connectivity index (χ1) is 8.13. The molecule has 1 aromatic rings. The number of benzene rings is 1. The maximum Gasteiger partial charge on any atom is 0.251 e. The Balaban J connectivity index is 0.00000162. The summed E-state index contributed by atoms with van der Waals surface area (Å²) in [6.07, 6.45) is 3.14. The van der Waals surface area contributed by atoms with Crippen LogP contribution in [0, 0.1) is 0 Å². The predicted octanol–water partition coefficient (Wildman–Crippen LogP) is 1.73. The average molecular weight is 271 g/mol. The molecule has 1 saturated carbocycles. The van der Waals surface area contributed by atoms with Gasteiger partial charge in [-0.25, -0.2) is 0 Å². The van der Waals surface area contributed by atoms with Crippen LogP contribution < -0.4 is 15.8 Å². The zero-order valence-electron chi connectivity index (χ0n) is 10.4. The molecule has 2 rings (SSSR count). The van der Waals surface area contributed by atoms with E-state index in [2.05, 4.69) is 5.32 Å². The number of carbonyl (C=O) groups excluding carboxylic acids is 1. The Morgan fingerprint density at radius 3 is 2.78 bits per heavy atom. The minimum absolute atomic E-state index is 0. The molecule has 0 heterocycles. The molecule has 5 heteroatoms. The maximum absolute atomic E-state index is 11.9. The fourth-order valence-electron chi connectivity index (χ4n) is 1.93. The molecule has 1 amide bonds. The zero-order valence-corrected chi connectivity index (χ0v) is 11.3. The number of carbonyl (C=O) groups is 1. The Labute approximate surface area is 113 Å². The average Bonchev–Trinajstić information content (AvgIpc) is 2.33. The lowest BCUT2D eigenvalue weighted by Crippen LogP contribution is -2.54. The lowest BCUT2D eigenvalue weighted by molar-refractivity contribution is 0.0929. The van der Waals surface area contributed by atoms with Crippen LogP contribution in [0.3, 0.4) is 0 Å². The molecule has 1 fully saturated rings. The highest BCUT2D eigenvalue weighted by molar-refractivity contribution is 5.94. The second-order valence-corrected chi connectivity index (χ2v) is 4.63. The van der Waals surface area contributed by atoms with Crippen molar-refractivity contribution in [2.24, 2.45) is 5.73 Å². The van der Waals surface area contributed by atoms with Crippen LogP contribution in [0.15, 0.2) is 24.3 Å². The van der Waals surface area contributed by atoms with Crippen LogP contribution in [0.1, 0.15) is 29.6 Å². The summed E-state index contributed by atoms with van der Waals surface area (Å²) in [7, 11) is 1.58. The largest absolute Gasteiger partial charge is 0.497 e. The summed E-state index contributed by atoms with van der Waals surface area (Å²) in [6.45, 7) is 0.545. The minimum atomic E-state index is -0.186. The molecule has 0 radical (unpaired) electrons. The third-order valence-corrected chi connectivity index (χ3v) is 3.28. The Kier molecular flexibility index (Phi) is 4.99. The highest BCUT2D eigenvalue weighted by Gasteiger charge is 2.32. The molecule has 1 aliphatic rings. The molecular formula is C13H19ClN2O2. The number of nitrogens with one attached hydrogen (secondary N) is 1. The van der Waals surface area contributed by atoms with Crippen molar-refractivity contribution in [3.8, 4) is 5.75 Å². The summed E-state index contributed by atoms with van der Waals surface area (Å²) in [4.78, 5) is 11.9. The van der Waals surface area contributed by atoms with E-state index < -0.39 is 0 Å². The molecule has 18 heavy (non-hydrogen) atoms. The molecule has 0 saturated heterocycles. The van der Waals surface area contributed by atoms with Crippen LogP contribution in [-0.4, -0.2) is 25.1 Å². The normalized spacial score (nSPS) is 16.1. The predicted molar refractivity (Wildman–Crippen MR) is 73.3 cm³/mol. The van der Waals surface area contributed by atoms with Gasteiger partial charge in [0.2, 0.25) is 0 Å². The van der Waals surface area contributed by atoms with Crippen LogP contribution in [-0.2, 0) is 0 Å². The topological polar surface area (TPSA) is 64.3 Å². The van der Waals surface area contributed by atoms with Crippen molar-refractivity contribution in [3.05, 3.63) is 29.8 Å². The van der Waals surface area contributed by atoms with E-state index in [1.807, 2.05) is 6.07 Å². The first-order valence-electron chi connectivity index (χ1n) is 5.84. The van der Waals surface area contributed by atoms with Gasteiger partial charge in [-0.05, 0) is 37.5 Å². The van der Waals surface area contributed by atoms with Crippen molar-refractivity contribution in [2.75, 3.05) is 13.7 Å². The third kappa shape index (κ3) is 3.37. The smallest absolute Gasteiger partial charge is 0.251 e. The molecule has 0 bridgehead atoms. The number of nitrogens with two attached hydrogens (primary N) is 1. The monoisotopic (exact) mass is 270 g/mol. The first kappa shape index (κ1) is 14.8. The SMILES string of the molecule is COc1cccc(C(=O)NCC2(N)CCC2)c1.Cl. The minimum Gasteiger partial charge on any atom is -0.497 e. The molecule has 0 atom stereocenters. The number of rotatable bonds is 4. The van der Waals surface area contributed by atoms with Gasteiger partial charge in [0.15, 0.2) is 0 Å². The van der Waals surface area contributed by atoms with Gasteiger partial charge in [0.1, 0.15) is 5.75 Å². The summed E-state index contributed by atoms with van der Waals surface area (Å²) in [5.41, 5.74) is 6.46. The number of methoxy groups -OCH3 is 1. The van der Waals surface area contributed by atoms with Gasteiger partial charge in [-0.1, -0.05) is 6.07 Å². The van der Waals surface area contributed by atoms with E-state index in [0.717, 1.165) is 19.3 Å². The number of amides is 1. The zero-order chi connectivity index (χ0) is 12.3. The fourth-order valence-corrected chi connectivity index (χ4v) is 1.93. The highest BCUT2D eigenvalue weighted by Crippen LogP contribution is 2.28. The molecule has 0 unspecified atom stereocenters. The van der Waals surface area contributed by atoms with Gasteiger partial charge in [0, 0.05) is 17.6 Å². The molecule has 100 valence electrons. The van der Waals surface area contributed by atoms with Gasteiger partial charge in [-0.3, -0.25) is 4.79 Å². The van der Waals surface area contributed by atoms with Crippen LogP contribution in [0.4, 0.5) is 0 Å². The van der Waals surface area contributed by atoms with E-state index in [9.17, 15) is 4.79 Å². The van der Waals surface area contributed by atoms with Gasteiger partial charge in [0.05, 0.1) is 7.11 Å². The van der Waals surface area contributed by atoms with E-state index in [1.54, 1.807) is 25.3 Å². The van der Waals surface area contributed by atoms with Crippen molar-refractivity contribution in [2.45, 2.75) is 24.8 Å². The maximum atomic E-state index is 11.9. The van der Waals surface area contributed by atoms with Crippen LogP contribution in [0.2, 0.25) is 0 Å². The molecule has 3 N–H and O–H groups in total. The molecule has 0 spiro atoms. The molecule has 0 aromatic heterocycles. The Morgan fingerprint density at radius 2 is 2.22 bits per heavy atom. The van der Waals surface area contributed by atoms with Crippen LogP contribution in [0.25, 0.3) is 0 Å². The summed E-state index contributed by atoms with van der Waals surface area (Å²) in [5.74, 6) is 0.587. The van der Waals surface area contributed by atoms with Crippen molar-refractivity contribution in [1.29, 1.82) is 0 Å². The quantitative estimate of drug-likeness (QED) is 0.876. The van der Waals surface area contributed by atoms with Crippen LogP contribution in [0.5, 0.6) is 5.75 Å². The molecular weight excluding hydrogens is 252 g/mol. The van der Waals surface area contributed by atoms with Crippen molar-refractivity contribution >= 4 is 18.3 Å².